The summed E-state index contributed by atoms with van der Waals surface area (Å²) < 4.78 is 0. The van der Waals surface area contributed by atoms with Crippen molar-refractivity contribution in [1.82, 2.24) is 4.90 Å². The number of hydrogen-bond acceptors (Lipinski definition) is 3. The molecule has 0 aromatic carbocycles. The first-order valence-corrected chi connectivity index (χ1v) is 4.06. The first-order valence-electron chi connectivity index (χ1n) is 4.06. The molecule has 0 saturated carbocycles. The van der Waals surface area contributed by atoms with Gasteiger partial charge in [0.2, 0.25) is 11.8 Å². The number of aliphatic carboxylic acids is 1. The first kappa shape index (κ1) is 9.70. The van der Waals surface area contributed by atoms with Crippen LogP contribution in [0.5, 0.6) is 0 Å². The zero-order valence-corrected chi connectivity index (χ0v) is 7.32. The minimum absolute atomic E-state index is 0.0606. The molecule has 5 nitrogen and oxygen atoms in total. The van der Waals surface area contributed by atoms with Crippen molar-refractivity contribution >= 4 is 17.8 Å². The van der Waals surface area contributed by atoms with Crippen LogP contribution in [0.15, 0.2) is 0 Å². The quantitative estimate of drug-likeness (QED) is 0.616. The number of nitrogens with zero attached hydrogens (tertiary/aromatic N) is 1. The summed E-state index contributed by atoms with van der Waals surface area (Å²) in [4.78, 5) is 33.7. The molecule has 1 atom stereocenters. The summed E-state index contributed by atoms with van der Waals surface area (Å²) in [6.45, 7) is 1.53. The molecule has 1 unspecified atom stereocenters. The summed E-state index contributed by atoms with van der Waals surface area (Å²) >= 11 is 0. The van der Waals surface area contributed by atoms with Gasteiger partial charge in [0.1, 0.15) is 0 Å². The Bertz CT molecular complexity index is 261. The van der Waals surface area contributed by atoms with Crippen molar-refractivity contribution in [1.29, 1.82) is 0 Å². The van der Waals surface area contributed by atoms with Crippen LogP contribution in [0.2, 0.25) is 0 Å². The average molecular weight is 185 g/mol. The Hall–Kier alpha value is -1.39. The van der Waals surface area contributed by atoms with E-state index in [1.807, 2.05) is 0 Å². The SMILES string of the molecule is CC(=O)N1CCC(C(=O)O)CC1=O. The molecule has 72 valence electrons. The molecule has 0 radical (unpaired) electrons. The van der Waals surface area contributed by atoms with E-state index in [9.17, 15) is 14.4 Å². The molecule has 0 spiro atoms. The lowest BCUT2D eigenvalue weighted by molar-refractivity contribution is -0.154. The Balaban J connectivity index is 2.62. The van der Waals surface area contributed by atoms with Crippen LogP contribution in [0.4, 0.5) is 0 Å². The molecule has 0 bridgehead atoms. The number of carbonyl (C=O) groups excluding carboxylic acids is 2. The number of rotatable bonds is 1. The summed E-state index contributed by atoms with van der Waals surface area (Å²) in [5.41, 5.74) is 0. The van der Waals surface area contributed by atoms with Gasteiger partial charge in [-0.25, -0.2) is 0 Å². The molecule has 13 heavy (non-hydrogen) atoms. The molecule has 0 aromatic heterocycles. The van der Waals surface area contributed by atoms with Crippen molar-refractivity contribution < 1.29 is 19.5 Å². The molecule has 5 heteroatoms. The van der Waals surface area contributed by atoms with E-state index in [1.165, 1.54) is 6.92 Å². The average Bonchev–Trinajstić information content (AvgIpc) is 2.03. The van der Waals surface area contributed by atoms with Crippen molar-refractivity contribution in [3.8, 4) is 0 Å². The molecule has 1 saturated heterocycles. The van der Waals surface area contributed by atoms with Crippen LogP contribution >= 0.6 is 0 Å². The number of carboxylic acids is 1. The van der Waals surface area contributed by atoms with Gasteiger partial charge >= 0.3 is 5.97 Å². The molecule has 0 aliphatic carbocycles. The van der Waals surface area contributed by atoms with Crippen LogP contribution in [0.3, 0.4) is 0 Å². The van der Waals surface area contributed by atoms with E-state index in [-0.39, 0.29) is 24.8 Å². The van der Waals surface area contributed by atoms with Gasteiger partial charge in [-0.05, 0) is 6.42 Å². The highest BCUT2D eigenvalue weighted by Gasteiger charge is 2.31. The highest BCUT2D eigenvalue weighted by Crippen LogP contribution is 2.18. The van der Waals surface area contributed by atoms with E-state index in [0.717, 1.165) is 4.90 Å². The molecule has 1 fully saturated rings. The normalized spacial score (nSPS) is 23.0. The predicted molar refractivity (Wildman–Crippen MR) is 42.8 cm³/mol. The van der Waals surface area contributed by atoms with Crippen molar-refractivity contribution in [3.05, 3.63) is 0 Å². The van der Waals surface area contributed by atoms with Gasteiger partial charge in [-0.3, -0.25) is 19.3 Å². The van der Waals surface area contributed by atoms with Crippen LogP contribution in [-0.4, -0.2) is 34.3 Å². The zero-order valence-electron chi connectivity index (χ0n) is 7.32. The van der Waals surface area contributed by atoms with Gasteiger partial charge in [-0.1, -0.05) is 0 Å². The Labute approximate surface area is 75.3 Å². The second-order valence-electron chi connectivity index (χ2n) is 3.09. The van der Waals surface area contributed by atoms with E-state index in [1.54, 1.807) is 0 Å². The summed E-state index contributed by atoms with van der Waals surface area (Å²) in [6.07, 6.45) is 0.301. The Morgan fingerprint density at radius 1 is 1.54 bits per heavy atom. The fourth-order valence-corrected chi connectivity index (χ4v) is 1.38. The minimum atomic E-state index is -0.962. The van der Waals surface area contributed by atoms with Crippen LogP contribution in [0.1, 0.15) is 19.8 Å². The van der Waals surface area contributed by atoms with Crippen molar-refractivity contribution in [2.75, 3.05) is 6.54 Å². The number of carbonyl (C=O) groups is 3. The lowest BCUT2D eigenvalue weighted by Crippen LogP contribution is -2.43. The summed E-state index contributed by atoms with van der Waals surface area (Å²) in [7, 11) is 0. The largest absolute Gasteiger partial charge is 0.481 e. The third-order valence-corrected chi connectivity index (χ3v) is 2.15. The number of amides is 2. The number of carboxylic acid groups (broad SMARTS) is 1. The van der Waals surface area contributed by atoms with Gasteiger partial charge in [0.25, 0.3) is 0 Å². The van der Waals surface area contributed by atoms with Crippen LogP contribution in [0.25, 0.3) is 0 Å². The summed E-state index contributed by atoms with van der Waals surface area (Å²) in [6, 6.07) is 0. The van der Waals surface area contributed by atoms with Crippen molar-refractivity contribution in [2.24, 2.45) is 5.92 Å². The van der Waals surface area contributed by atoms with Crippen LogP contribution < -0.4 is 0 Å². The van der Waals surface area contributed by atoms with Gasteiger partial charge in [0.05, 0.1) is 5.92 Å². The van der Waals surface area contributed by atoms with E-state index < -0.39 is 11.9 Å². The lowest BCUT2D eigenvalue weighted by atomic mass is 9.96. The van der Waals surface area contributed by atoms with Gasteiger partial charge in [0.15, 0.2) is 0 Å². The van der Waals surface area contributed by atoms with Crippen molar-refractivity contribution in [2.45, 2.75) is 19.8 Å². The summed E-state index contributed by atoms with van der Waals surface area (Å²) in [5.74, 6) is -2.28. The molecule has 2 amide bonds. The van der Waals surface area contributed by atoms with Crippen LogP contribution in [-0.2, 0) is 14.4 Å². The Kier molecular flexibility index (Phi) is 2.65. The number of imide groups is 1. The monoisotopic (exact) mass is 185 g/mol. The second kappa shape index (κ2) is 3.55. The fraction of sp³-hybridized carbons (Fsp3) is 0.625. The molecule has 1 heterocycles. The summed E-state index contributed by atoms with van der Waals surface area (Å²) in [5, 5.41) is 8.63. The number of piperidine rings is 1. The van der Waals surface area contributed by atoms with E-state index in [2.05, 4.69) is 0 Å². The van der Waals surface area contributed by atoms with Crippen LogP contribution in [0, 0.1) is 5.92 Å². The molecule has 1 aliphatic heterocycles. The second-order valence-corrected chi connectivity index (χ2v) is 3.09. The third-order valence-electron chi connectivity index (χ3n) is 2.15. The highest BCUT2D eigenvalue weighted by molar-refractivity contribution is 5.96. The number of likely N-dealkylation sites (tertiary alicyclic amines) is 1. The fourth-order valence-electron chi connectivity index (χ4n) is 1.38. The molecular formula is C8H11NO4. The molecule has 1 rings (SSSR count). The maximum absolute atomic E-state index is 11.2. The molecule has 1 aliphatic rings. The molecular weight excluding hydrogens is 174 g/mol. The topological polar surface area (TPSA) is 74.7 Å². The van der Waals surface area contributed by atoms with E-state index in [4.69, 9.17) is 5.11 Å². The minimum Gasteiger partial charge on any atom is -0.481 e. The smallest absolute Gasteiger partial charge is 0.307 e. The molecule has 1 N–H and O–H groups in total. The van der Waals surface area contributed by atoms with Gasteiger partial charge in [-0.2, -0.15) is 0 Å². The maximum atomic E-state index is 11.2. The first-order chi connectivity index (χ1) is 6.02. The van der Waals surface area contributed by atoms with E-state index >= 15 is 0 Å². The maximum Gasteiger partial charge on any atom is 0.307 e. The van der Waals surface area contributed by atoms with Gasteiger partial charge < -0.3 is 5.11 Å². The molecule has 0 aromatic rings. The zero-order chi connectivity index (χ0) is 10.0. The van der Waals surface area contributed by atoms with Gasteiger partial charge in [0, 0.05) is 19.9 Å². The lowest BCUT2D eigenvalue weighted by Gasteiger charge is -2.27. The van der Waals surface area contributed by atoms with E-state index in [0.29, 0.717) is 6.42 Å². The Morgan fingerprint density at radius 2 is 2.15 bits per heavy atom. The Morgan fingerprint density at radius 3 is 2.54 bits per heavy atom. The van der Waals surface area contributed by atoms with Crippen molar-refractivity contribution in [3.63, 3.8) is 0 Å². The standard InChI is InChI=1S/C8H11NO4/c1-5(10)9-3-2-6(8(12)13)4-7(9)11/h6H,2-4H2,1H3,(H,12,13). The van der Waals surface area contributed by atoms with Gasteiger partial charge in [-0.15, -0.1) is 0 Å². The third kappa shape index (κ3) is 2.05. The number of hydrogen-bond donors (Lipinski definition) is 1. The predicted octanol–water partition coefficient (Wildman–Crippen LogP) is -0.144. The highest BCUT2D eigenvalue weighted by atomic mass is 16.4.